The molecule has 0 aliphatic heterocycles. The fourth-order valence-corrected chi connectivity index (χ4v) is 1.59. The number of unbranched alkanes of at least 4 members (excludes halogenated alkanes) is 1. The molecule has 2 heterocycles. The highest BCUT2D eigenvalue weighted by Gasteiger charge is 2.09. The van der Waals surface area contributed by atoms with Crippen LogP contribution in [0.4, 0.5) is 10.1 Å². The number of aryl methyl sites for hydroxylation is 1. The highest BCUT2D eigenvalue weighted by Crippen LogP contribution is 2.22. The average Bonchev–Trinajstić information content (AvgIpc) is 2.69. The molecular formula is C12H15FN4. The molecule has 0 saturated carbocycles. The molecule has 90 valence electrons. The zero-order valence-corrected chi connectivity index (χ0v) is 9.73. The van der Waals surface area contributed by atoms with E-state index >= 15 is 0 Å². The van der Waals surface area contributed by atoms with Crippen LogP contribution in [-0.4, -0.2) is 14.8 Å². The summed E-state index contributed by atoms with van der Waals surface area (Å²) in [7, 11) is 0. The third-order valence-electron chi connectivity index (χ3n) is 2.50. The van der Waals surface area contributed by atoms with E-state index in [9.17, 15) is 4.39 Å². The van der Waals surface area contributed by atoms with E-state index in [-0.39, 0.29) is 5.82 Å². The third-order valence-corrected chi connectivity index (χ3v) is 2.50. The maximum Gasteiger partial charge on any atom is 0.141 e. The Bertz CT molecular complexity index is 490. The number of nitrogens with zero attached hydrogens (tertiary/aromatic N) is 3. The van der Waals surface area contributed by atoms with E-state index in [0.29, 0.717) is 17.1 Å². The van der Waals surface area contributed by atoms with Crippen molar-refractivity contribution < 1.29 is 4.39 Å². The molecule has 0 radical (unpaired) electrons. The summed E-state index contributed by atoms with van der Waals surface area (Å²) in [5.41, 5.74) is 7.64. The van der Waals surface area contributed by atoms with Gasteiger partial charge in [-0.05, 0) is 18.6 Å². The van der Waals surface area contributed by atoms with Gasteiger partial charge in [-0.3, -0.25) is 9.67 Å². The summed E-state index contributed by atoms with van der Waals surface area (Å²) in [6.07, 6.45) is 5.11. The molecular weight excluding hydrogens is 219 g/mol. The van der Waals surface area contributed by atoms with Crippen molar-refractivity contribution in [2.45, 2.75) is 26.3 Å². The van der Waals surface area contributed by atoms with Gasteiger partial charge in [0, 0.05) is 12.7 Å². The lowest BCUT2D eigenvalue weighted by Gasteiger charge is -1.98. The third kappa shape index (κ3) is 2.61. The van der Waals surface area contributed by atoms with Crippen molar-refractivity contribution in [2.24, 2.45) is 0 Å². The zero-order valence-electron chi connectivity index (χ0n) is 9.73. The second-order valence-electron chi connectivity index (χ2n) is 3.91. The molecule has 0 aliphatic rings. The summed E-state index contributed by atoms with van der Waals surface area (Å²) in [5, 5.41) is 4.35. The van der Waals surface area contributed by atoms with Gasteiger partial charge in [0.25, 0.3) is 0 Å². The zero-order chi connectivity index (χ0) is 12.3. The van der Waals surface area contributed by atoms with E-state index in [1.807, 2.05) is 0 Å². The first kappa shape index (κ1) is 11.6. The summed E-state index contributed by atoms with van der Waals surface area (Å²) in [6, 6.07) is 2.94. The number of aromatic nitrogens is 3. The molecule has 0 unspecified atom stereocenters. The Labute approximate surface area is 99.3 Å². The summed E-state index contributed by atoms with van der Waals surface area (Å²) in [5.74, 6) is -0.363. The van der Waals surface area contributed by atoms with E-state index in [2.05, 4.69) is 17.0 Å². The molecule has 0 bridgehead atoms. The summed E-state index contributed by atoms with van der Waals surface area (Å²) in [4.78, 5) is 3.97. The van der Waals surface area contributed by atoms with Gasteiger partial charge in [0.1, 0.15) is 11.5 Å². The van der Waals surface area contributed by atoms with Gasteiger partial charge >= 0.3 is 0 Å². The van der Waals surface area contributed by atoms with Crippen molar-refractivity contribution in [2.75, 3.05) is 5.73 Å². The van der Waals surface area contributed by atoms with Gasteiger partial charge < -0.3 is 5.73 Å². The molecule has 0 fully saturated rings. The fourth-order valence-electron chi connectivity index (χ4n) is 1.59. The minimum absolute atomic E-state index is 0.363. The predicted molar refractivity (Wildman–Crippen MR) is 64.7 cm³/mol. The van der Waals surface area contributed by atoms with Crippen LogP contribution < -0.4 is 5.73 Å². The minimum atomic E-state index is -0.363. The Morgan fingerprint density at radius 3 is 2.88 bits per heavy atom. The smallest absolute Gasteiger partial charge is 0.141 e. The standard InChI is InChI=1S/C12H15FN4/c1-2-3-6-17-8-10(14)12(16-17)11-5-4-9(13)7-15-11/h4-5,7-8H,2-3,6,14H2,1H3. The Morgan fingerprint density at radius 1 is 1.41 bits per heavy atom. The Morgan fingerprint density at radius 2 is 2.24 bits per heavy atom. The lowest BCUT2D eigenvalue weighted by Crippen LogP contribution is -1.98. The maximum absolute atomic E-state index is 12.8. The molecule has 0 atom stereocenters. The van der Waals surface area contributed by atoms with Gasteiger partial charge in [0.2, 0.25) is 0 Å². The molecule has 2 N–H and O–H groups in total. The first-order valence-corrected chi connectivity index (χ1v) is 5.65. The average molecular weight is 234 g/mol. The van der Waals surface area contributed by atoms with Crippen LogP contribution >= 0.6 is 0 Å². The number of nitrogens with two attached hydrogens (primary N) is 1. The van der Waals surface area contributed by atoms with Crippen LogP contribution in [0, 0.1) is 5.82 Å². The molecule has 2 aromatic rings. The highest BCUT2D eigenvalue weighted by atomic mass is 19.1. The van der Waals surface area contributed by atoms with E-state index < -0.39 is 0 Å². The van der Waals surface area contributed by atoms with E-state index in [0.717, 1.165) is 19.4 Å². The molecule has 0 spiro atoms. The largest absolute Gasteiger partial charge is 0.396 e. The summed E-state index contributed by atoms with van der Waals surface area (Å²) < 4.78 is 14.6. The lowest BCUT2D eigenvalue weighted by molar-refractivity contribution is 0.573. The Kier molecular flexibility index (Phi) is 3.37. The number of hydrogen-bond donors (Lipinski definition) is 1. The molecule has 2 rings (SSSR count). The van der Waals surface area contributed by atoms with Crippen LogP contribution in [0.1, 0.15) is 19.8 Å². The van der Waals surface area contributed by atoms with E-state index in [1.165, 1.54) is 12.3 Å². The van der Waals surface area contributed by atoms with Crippen LogP contribution in [0.15, 0.2) is 24.5 Å². The first-order valence-electron chi connectivity index (χ1n) is 5.65. The molecule has 0 aromatic carbocycles. The normalized spacial score (nSPS) is 10.7. The van der Waals surface area contributed by atoms with Crippen molar-refractivity contribution in [3.8, 4) is 11.4 Å². The molecule has 5 heteroatoms. The quantitative estimate of drug-likeness (QED) is 0.884. The SMILES string of the molecule is CCCCn1cc(N)c(-c2ccc(F)cn2)n1. The van der Waals surface area contributed by atoms with Gasteiger partial charge in [-0.15, -0.1) is 0 Å². The maximum atomic E-state index is 12.8. The molecule has 0 saturated heterocycles. The van der Waals surface area contributed by atoms with Crippen molar-refractivity contribution in [1.82, 2.24) is 14.8 Å². The van der Waals surface area contributed by atoms with Crippen molar-refractivity contribution in [1.29, 1.82) is 0 Å². The van der Waals surface area contributed by atoms with Crippen LogP contribution in [0.2, 0.25) is 0 Å². The van der Waals surface area contributed by atoms with Crippen LogP contribution in [0.25, 0.3) is 11.4 Å². The molecule has 0 amide bonds. The number of anilines is 1. The van der Waals surface area contributed by atoms with E-state index in [1.54, 1.807) is 16.9 Å². The Hall–Kier alpha value is -1.91. The van der Waals surface area contributed by atoms with Gasteiger partial charge in [0.15, 0.2) is 0 Å². The van der Waals surface area contributed by atoms with Crippen molar-refractivity contribution in [3.63, 3.8) is 0 Å². The lowest BCUT2D eigenvalue weighted by atomic mass is 10.2. The fraction of sp³-hybridized carbons (Fsp3) is 0.333. The van der Waals surface area contributed by atoms with Crippen LogP contribution in [-0.2, 0) is 6.54 Å². The monoisotopic (exact) mass is 234 g/mol. The Balaban J connectivity index is 2.26. The van der Waals surface area contributed by atoms with Crippen molar-refractivity contribution in [3.05, 3.63) is 30.3 Å². The second-order valence-corrected chi connectivity index (χ2v) is 3.91. The number of halogens is 1. The van der Waals surface area contributed by atoms with Crippen molar-refractivity contribution >= 4 is 5.69 Å². The van der Waals surface area contributed by atoms with Gasteiger partial charge in [-0.2, -0.15) is 5.10 Å². The second kappa shape index (κ2) is 4.95. The minimum Gasteiger partial charge on any atom is -0.396 e. The molecule has 4 nitrogen and oxygen atoms in total. The number of rotatable bonds is 4. The van der Waals surface area contributed by atoms with Gasteiger partial charge in [0.05, 0.1) is 17.6 Å². The van der Waals surface area contributed by atoms with Crippen LogP contribution in [0.5, 0.6) is 0 Å². The number of pyridine rings is 1. The predicted octanol–water partition coefficient (Wildman–Crippen LogP) is 2.47. The molecule has 0 aliphatic carbocycles. The first-order chi connectivity index (χ1) is 8.20. The van der Waals surface area contributed by atoms with Gasteiger partial charge in [-0.1, -0.05) is 13.3 Å². The van der Waals surface area contributed by atoms with E-state index in [4.69, 9.17) is 5.73 Å². The summed E-state index contributed by atoms with van der Waals surface area (Å²) in [6.45, 7) is 2.96. The number of nitrogen functional groups attached to an aromatic ring is 1. The molecule has 2 aromatic heterocycles. The topological polar surface area (TPSA) is 56.7 Å². The molecule has 17 heavy (non-hydrogen) atoms. The van der Waals surface area contributed by atoms with Crippen LogP contribution in [0.3, 0.4) is 0 Å². The number of hydrogen-bond acceptors (Lipinski definition) is 3. The summed E-state index contributed by atoms with van der Waals surface area (Å²) >= 11 is 0. The highest BCUT2D eigenvalue weighted by molar-refractivity contribution is 5.68. The van der Waals surface area contributed by atoms with Gasteiger partial charge in [-0.25, -0.2) is 4.39 Å².